The van der Waals surface area contributed by atoms with Crippen LogP contribution in [-0.4, -0.2) is 78.5 Å². The number of urea groups is 1. The molecular weight excluding hydrogens is 252 g/mol. The number of nitrogens with zero attached hydrogens (tertiary/aromatic N) is 1. The van der Waals surface area contributed by atoms with Gasteiger partial charge in [-0.15, -0.1) is 0 Å². The summed E-state index contributed by atoms with van der Waals surface area (Å²) in [5, 5.41) is 26.3. The highest BCUT2D eigenvalue weighted by atomic mass is 16.4. The summed E-state index contributed by atoms with van der Waals surface area (Å²) in [5.74, 6) is -1.37. The fraction of sp³-hybridized carbons (Fsp3) is 0.818. The van der Waals surface area contributed by atoms with E-state index in [-0.39, 0.29) is 6.54 Å². The number of carbonyl (C=O) groups is 2. The molecule has 1 aliphatic rings. The van der Waals surface area contributed by atoms with Crippen molar-refractivity contribution >= 4 is 12.0 Å². The highest BCUT2D eigenvalue weighted by Gasteiger charge is 2.30. The monoisotopic (exact) mass is 274 g/mol. The summed E-state index contributed by atoms with van der Waals surface area (Å²) in [6.07, 6.45) is 0. The third kappa shape index (κ3) is 5.86. The number of carbonyl (C=O) groups excluding carboxylic acids is 1. The number of hydrogen-bond donors (Lipinski definition) is 5. The number of amides is 2. The first-order valence-electron chi connectivity index (χ1n) is 6.32. The molecule has 1 rings (SSSR count). The van der Waals surface area contributed by atoms with Crippen LogP contribution in [0.25, 0.3) is 0 Å². The number of aliphatic hydroxyl groups is 1. The number of carboxylic acid groups (broad SMARTS) is 1. The average Bonchev–Trinajstić information content (AvgIpc) is 2.37. The third-order valence-corrected chi connectivity index (χ3v) is 2.98. The van der Waals surface area contributed by atoms with Gasteiger partial charge in [0.05, 0.1) is 6.54 Å². The third-order valence-electron chi connectivity index (χ3n) is 2.98. The molecule has 1 heterocycles. The molecule has 1 saturated heterocycles. The zero-order chi connectivity index (χ0) is 14.3. The summed E-state index contributed by atoms with van der Waals surface area (Å²) in [4.78, 5) is 24.2. The van der Waals surface area contributed by atoms with Crippen LogP contribution in [0.3, 0.4) is 0 Å². The van der Waals surface area contributed by atoms with Crippen LogP contribution in [0.4, 0.5) is 4.79 Å². The summed E-state index contributed by atoms with van der Waals surface area (Å²) in [6.45, 7) is 5.86. The molecule has 8 heteroatoms. The van der Waals surface area contributed by atoms with Crippen molar-refractivity contribution in [3.05, 3.63) is 0 Å². The van der Waals surface area contributed by atoms with E-state index in [2.05, 4.69) is 20.9 Å². The van der Waals surface area contributed by atoms with E-state index < -0.39 is 17.6 Å². The van der Waals surface area contributed by atoms with Gasteiger partial charge in [0, 0.05) is 39.3 Å². The lowest BCUT2D eigenvalue weighted by molar-refractivity contribution is -0.155. The largest absolute Gasteiger partial charge is 0.479 e. The first-order chi connectivity index (χ1) is 8.92. The Morgan fingerprint density at radius 2 is 1.95 bits per heavy atom. The standard InChI is InChI=1S/C11H22N4O4/c1-11(19,9(16)17)8-14-10(18)13-4-7-15-5-2-12-3-6-15/h12,19H,2-8H2,1H3,(H,16,17)(H2,13,14,18). The quantitative estimate of drug-likeness (QED) is 0.384. The van der Waals surface area contributed by atoms with Crippen molar-refractivity contribution in [3.8, 4) is 0 Å². The molecule has 0 aromatic heterocycles. The Kier molecular flexibility index (Phi) is 6.00. The Hall–Kier alpha value is -1.38. The van der Waals surface area contributed by atoms with Crippen molar-refractivity contribution in [3.63, 3.8) is 0 Å². The van der Waals surface area contributed by atoms with Gasteiger partial charge in [0.1, 0.15) is 0 Å². The molecule has 8 nitrogen and oxygen atoms in total. The van der Waals surface area contributed by atoms with Crippen LogP contribution in [0.1, 0.15) is 6.92 Å². The van der Waals surface area contributed by atoms with Crippen LogP contribution in [0, 0.1) is 0 Å². The van der Waals surface area contributed by atoms with Gasteiger partial charge in [-0.1, -0.05) is 0 Å². The lowest BCUT2D eigenvalue weighted by Crippen LogP contribution is -2.50. The van der Waals surface area contributed by atoms with Crippen molar-refractivity contribution in [1.82, 2.24) is 20.9 Å². The maximum Gasteiger partial charge on any atom is 0.337 e. The molecule has 1 fully saturated rings. The average molecular weight is 274 g/mol. The lowest BCUT2D eigenvalue weighted by Gasteiger charge is -2.27. The summed E-state index contributed by atoms with van der Waals surface area (Å²) >= 11 is 0. The smallest absolute Gasteiger partial charge is 0.337 e. The van der Waals surface area contributed by atoms with Crippen molar-refractivity contribution in [1.29, 1.82) is 0 Å². The van der Waals surface area contributed by atoms with Crippen LogP contribution in [0.2, 0.25) is 0 Å². The molecule has 1 atom stereocenters. The Labute approximate surface area is 112 Å². The van der Waals surface area contributed by atoms with Gasteiger partial charge < -0.3 is 26.2 Å². The maximum absolute atomic E-state index is 11.4. The van der Waals surface area contributed by atoms with Crippen LogP contribution in [0.15, 0.2) is 0 Å². The Morgan fingerprint density at radius 3 is 2.53 bits per heavy atom. The van der Waals surface area contributed by atoms with E-state index in [0.717, 1.165) is 39.6 Å². The molecule has 19 heavy (non-hydrogen) atoms. The number of piperazine rings is 1. The molecule has 0 aromatic rings. The Balaban J connectivity index is 2.12. The predicted octanol–water partition coefficient (Wildman–Crippen LogP) is -1.97. The van der Waals surface area contributed by atoms with Gasteiger partial charge >= 0.3 is 12.0 Å². The first-order valence-corrected chi connectivity index (χ1v) is 6.32. The number of carboxylic acids is 1. The summed E-state index contributed by atoms with van der Waals surface area (Å²) in [7, 11) is 0. The SMILES string of the molecule is CC(O)(CNC(=O)NCCN1CCNCC1)C(=O)O. The van der Waals surface area contributed by atoms with E-state index in [4.69, 9.17) is 5.11 Å². The molecular formula is C11H22N4O4. The minimum absolute atomic E-state index is 0.332. The minimum atomic E-state index is -1.95. The number of hydrogen-bond acceptors (Lipinski definition) is 5. The summed E-state index contributed by atoms with van der Waals surface area (Å²) in [5.41, 5.74) is -1.95. The number of aliphatic carboxylic acids is 1. The minimum Gasteiger partial charge on any atom is -0.479 e. The Bertz CT molecular complexity index is 316. The summed E-state index contributed by atoms with van der Waals surface area (Å²) in [6, 6.07) is -0.475. The molecule has 0 aliphatic carbocycles. The van der Waals surface area contributed by atoms with Gasteiger partial charge in [-0.05, 0) is 6.92 Å². The van der Waals surface area contributed by atoms with Gasteiger partial charge in [-0.2, -0.15) is 0 Å². The van der Waals surface area contributed by atoms with Crippen LogP contribution < -0.4 is 16.0 Å². The second-order valence-electron chi connectivity index (χ2n) is 4.78. The molecule has 0 saturated carbocycles. The fourth-order valence-corrected chi connectivity index (χ4v) is 1.65. The molecule has 0 radical (unpaired) electrons. The molecule has 1 unspecified atom stereocenters. The second-order valence-corrected chi connectivity index (χ2v) is 4.78. The molecule has 0 aromatic carbocycles. The van der Waals surface area contributed by atoms with E-state index in [0.29, 0.717) is 6.54 Å². The first kappa shape index (κ1) is 15.7. The maximum atomic E-state index is 11.4. The normalized spacial score (nSPS) is 19.5. The van der Waals surface area contributed by atoms with E-state index in [1.54, 1.807) is 0 Å². The van der Waals surface area contributed by atoms with Crippen LogP contribution in [0.5, 0.6) is 0 Å². The van der Waals surface area contributed by atoms with E-state index in [1.807, 2.05) is 0 Å². The highest BCUT2D eigenvalue weighted by Crippen LogP contribution is 2.00. The summed E-state index contributed by atoms with van der Waals surface area (Å²) < 4.78 is 0. The van der Waals surface area contributed by atoms with Gasteiger partial charge in [0.15, 0.2) is 5.60 Å². The van der Waals surface area contributed by atoms with Crippen molar-refractivity contribution < 1.29 is 19.8 Å². The lowest BCUT2D eigenvalue weighted by atomic mass is 10.1. The van der Waals surface area contributed by atoms with Crippen LogP contribution in [-0.2, 0) is 4.79 Å². The fourth-order valence-electron chi connectivity index (χ4n) is 1.65. The van der Waals surface area contributed by atoms with Gasteiger partial charge in [0.2, 0.25) is 0 Å². The van der Waals surface area contributed by atoms with E-state index in [1.165, 1.54) is 0 Å². The van der Waals surface area contributed by atoms with Crippen molar-refractivity contribution in [2.24, 2.45) is 0 Å². The van der Waals surface area contributed by atoms with Crippen LogP contribution >= 0.6 is 0 Å². The molecule has 1 aliphatic heterocycles. The van der Waals surface area contributed by atoms with Gasteiger partial charge in [-0.3, -0.25) is 4.90 Å². The van der Waals surface area contributed by atoms with Crippen molar-refractivity contribution in [2.45, 2.75) is 12.5 Å². The highest BCUT2D eigenvalue weighted by molar-refractivity contribution is 5.79. The number of rotatable bonds is 6. The second kappa shape index (κ2) is 7.27. The topological polar surface area (TPSA) is 114 Å². The van der Waals surface area contributed by atoms with Crippen molar-refractivity contribution in [2.75, 3.05) is 45.8 Å². The molecule has 0 bridgehead atoms. The van der Waals surface area contributed by atoms with E-state index in [9.17, 15) is 14.7 Å². The zero-order valence-electron chi connectivity index (χ0n) is 11.1. The zero-order valence-corrected chi connectivity index (χ0v) is 11.1. The molecule has 110 valence electrons. The molecule has 5 N–H and O–H groups in total. The van der Waals surface area contributed by atoms with Gasteiger partial charge in [0.25, 0.3) is 0 Å². The molecule has 2 amide bonds. The number of nitrogens with one attached hydrogen (secondary N) is 3. The molecule has 0 spiro atoms. The van der Waals surface area contributed by atoms with E-state index >= 15 is 0 Å². The van der Waals surface area contributed by atoms with Gasteiger partial charge in [-0.25, -0.2) is 9.59 Å². The predicted molar refractivity (Wildman–Crippen MR) is 69.0 cm³/mol. The Morgan fingerprint density at radius 1 is 1.32 bits per heavy atom.